The maximum absolute atomic E-state index is 13.6. The van der Waals surface area contributed by atoms with Gasteiger partial charge in [-0.1, -0.05) is 19.3 Å². The minimum atomic E-state index is -0.633. The first-order valence-corrected chi connectivity index (χ1v) is 6.99. The second-order valence-corrected chi connectivity index (χ2v) is 5.82. The third-order valence-corrected chi connectivity index (χ3v) is 4.80. The fourth-order valence-corrected chi connectivity index (χ4v) is 3.57. The van der Waals surface area contributed by atoms with E-state index < -0.39 is 11.6 Å². The highest BCUT2D eigenvalue weighted by Gasteiger charge is 2.55. The zero-order valence-corrected chi connectivity index (χ0v) is 10.9. The van der Waals surface area contributed by atoms with Crippen LogP contribution in [0.4, 0.5) is 8.78 Å². The van der Waals surface area contributed by atoms with Crippen LogP contribution >= 0.6 is 0 Å². The summed E-state index contributed by atoms with van der Waals surface area (Å²) in [5, 5.41) is 0. The molecule has 19 heavy (non-hydrogen) atoms. The second kappa shape index (κ2) is 4.75. The van der Waals surface area contributed by atoms with Crippen molar-refractivity contribution in [2.45, 2.75) is 50.7 Å². The van der Waals surface area contributed by atoms with Crippen LogP contribution in [0.3, 0.4) is 0 Å². The molecule has 1 aromatic carbocycles. The van der Waals surface area contributed by atoms with Gasteiger partial charge in [-0.3, -0.25) is 0 Å². The van der Waals surface area contributed by atoms with Crippen LogP contribution in [-0.4, -0.2) is 12.1 Å². The molecule has 2 nitrogen and oxygen atoms in total. The van der Waals surface area contributed by atoms with E-state index in [-0.39, 0.29) is 23.3 Å². The van der Waals surface area contributed by atoms with Crippen molar-refractivity contribution >= 4 is 0 Å². The molecule has 0 saturated heterocycles. The van der Waals surface area contributed by atoms with Crippen LogP contribution in [0.25, 0.3) is 0 Å². The molecule has 2 aliphatic carbocycles. The quantitative estimate of drug-likeness (QED) is 0.891. The summed E-state index contributed by atoms with van der Waals surface area (Å²) >= 11 is 0. The van der Waals surface area contributed by atoms with Gasteiger partial charge >= 0.3 is 0 Å². The first-order valence-electron chi connectivity index (χ1n) is 6.99. The Hall–Kier alpha value is -1.16. The number of hydrogen-bond donors (Lipinski definition) is 1. The molecule has 2 aliphatic rings. The van der Waals surface area contributed by atoms with Gasteiger partial charge < -0.3 is 10.5 Å². The Morgan fingerprint density at radius 2 is 1.89 bits per heavy atom. The molecule has 3 rings (SSSR count). The summed E-state index contributed by atoms with van der Waals surface area (Å²) < 4.78 is 32.3. The molecule has 2 fully saturated rings. The lowest BCUT2D eigenvalue weighted by atomic mass is 9.55. The first-order chi connectivity index (χ1) is 9.12. The Morgan fingerprint density at radius 3 is 2.53 bits per heavy atom. The van der Waals surface area contributed by atoms with Gasteiger partial charge in [0.15, 0.2) is 11.6 Å². The van der Waals surface area contributed by atoms with Gasteiger partial charge in [0.25, 0.3) is 0 Å². The van der Waals surface area contributed by atoms with E-state index in [4.69, 9.17) is 10.5 Å². The molecule has 2 atom stereocenters. The van der Waals surface area contributed by atoms with Gasteiger partial charge in [0.05, 0.1) is 0 Å². The SMILES string of the molecule is NC1CC(Oc2ccc(F)cc2F)C12CCCCC2. The average Bonchev–Trinajstić information content (AvgIpc) is 2.42. The Bertz CT molecular complexity index is 471. The lowest BCUT2D eigenvalue weighted by Gasteiger charge is -2.56. The number of benzene rings is 1. The largest absolute Gasteiger partial charge is 0.487 e. The van der Waals surface area contributed by atoms with E-state index in [0.717, 1.165) is 25.3 Å². The van der Waals surface area contributed by atoms with E-state index in [0.29, 0.717) is 0 Å². The maximum Gasteiger partial charge on any atom is 0.167 e. The molecule has 104 valence electrons. The van der Waals surface area contributed by atoms with E-state index in [9.17, 15) is 8.78 Å². The molecule has 0 radical (unpaired) electrons. The number of ether oxygens (including phenoxy) is 1. The van der Waals surface area contributed by atoms with Gasteiger partial charge in [-0.15, -0.1) is 0 Å². The van der Waals surface area contributed by atoms with Crippen LogP contribution in [0.1, 0.15) is 38.5 Å². The van der Waals surface area contributed by atoms with Gasteiger partial charge in [0.2, 0.25) is 0 Å². The summed E-state index contributed by atoms with van der Waals surface area (Å²) in [4.78, 5) is 0. The van der Waals surface area contributed by atoms with Crippen molar-refractivity contribution in [2.24, 2.45) is 11.1 Å². The normalized spacial score (nSPS) is 29.0. The van der Waals surface area contributed by atoms with Crippen LogP contribution in [0, 0.1) is 17.0 Å². The van der Waals surface area contributed by atoms with Crippen LogP contribution in [0.15, 0.2) is 18.2 Å². The topological polar surface area (TPSA) is 35.2 Å². The molecule has 4 heteroatoms. The molecule has 2 N–H and O–H groups in total. The smallest absolute Gasteiger partial charge is 0.167 e. The van der Waals surface area contributed by atoms with E-state index in [1.165, 1.54) is 31.4 Å². The minimum Gasteiger partial charge on any atom is -0.487 e. The fourth-order valence-electron chi connectivity index (χ4n) is 3.57. The highest BCUT2D eigenvalue weighted by atomic mass is 19.1. The molecule has 2 saturated carbocycles. The molecule has 0 aromatic heterocycles. The summed E-state index contributed by atoms with van der Waals surface area (Å²) in [5.41, 5.74) is 6.17. The van der Waals surface area contributed by atoms with E-state index in [1.54, 1.807) is 0 Å². The molecule has 0 heterocycles. The standard InChI is InChI=1S/C15H19F2NO/c16-10-4-5-12(11(17)8-10)19-14-9-13(18)15(14)6-2-1-3-7-15/h4-5,8,13-14H,1-3,6-7,9,18H2. The number of halogens is 2. The minimum absolute atomic E-state index is 0.0130. The van der Waals surface area contributed by atoms with Gasteiger partial charge in [-0.05, 0) is 25.0 Å². The Morgan fingerprint density at radius 1 is 1.16 bits per heavy atom. The number of rotatable bonds is 2. The third-order valence-electron chi connectivity index (χ3n) is 4.80. The van der Waals surface area contributed by atoms with Crippen molar-refractivity contribution in [1.82, 2.24) is 0 Å². The predicted octanol–water partition coefficient (Wildman–Crippen LogP) is 3.39. The van der Waals surface area contributed by atoms with Crippen LogP contribution in [0.5, 0.6) is 5.75 Å². The third kappa shape index (κ3) is 2.12. The summed E-state index contributed by atoms with van der Waals surface area (Å²) in [6.07, 6.45) is 6.42. The molecule has 1 spiro atoms. The molecular weight excluding hydrogens is 248 g/mol. The van der Waals surface area contributed by atoms with Crippen LogP contribution in [-0.2, 0) is 0 Å². The van der Waals surface area contributed by atoms with Crippen LogP contribution < -0.4 is 10.5 Å². The number of hydrogen-bond acceptors (Lipinski definition) is 2. The highest BCUT2D eigenvalue weighted by Crippen LogP contribution is 2.52. The molecule has 0 bridgehead atoms. The van der Waals surface area contributed by atoms with E-state index in [2.05, 4.69) is 0 Å². The molecule has 0 aliphatic heterocycles. The van der Waals surface area contributed by atoms with Gasteiger partial charge in [0.1, 0.15) is 11.9 Å². The van der Waals surface area contributed by atoms with Crippen molar-refractivity contribution in [1.29, 1.82) is 0 Å². The predicted molar refractivity (Wildman–Crippen MR) is 68.9 cm³/mol. The summed E-state index contributed by atoms with van der Waals surface area (Å²) in [5.74, 6) is -1.07. The highest BCUT2D eigenvalue weighted by molar-refractivity contribution is 5.26. The fraction of sp³-hybridized carbons (Fsp3) is 0.600. The lowest BCUT2D eigenvalue weighted by molar-refractivity contribution is -0.0911. The molecule has 0 amide bonds. The van der Waals surface area contributed by atoms with Gasteiger partial charge in [-0.25, -0.2) is 8.78 Å². The summed E-state index contributed by atoms with van der Waals surface area (Å²) in [6, 6.07) is 3.61. The van der Waals surface area contributed by atoms with Crippen molar-refractivity contribution in [3.8, 4) is 5.75 Å². The Balaban J connectivity index is 1.76. The van der Waals surface area contributed by atoms with Crippen molar-refractivity contribution < 1.29 is 13.5 Å². The van der Waals surface area contributed by atoms with Crippen LogP contribution in [0.2, 0.25) is 0 Å². The zero-order valence-electron chi connectivity index (χ0n) is 10.9. The average molecular weight is 267 g/mol. The lowest BCUT2D eigenvalue weighted by Crippen LogP contribution is -2.64. The van der Waals surface area contributed by atoms with Crippen molar-refractivity contribution in [3.63, 3.8) is 0 Å². The van der Waals surface area contributed by atoms with E-state index >= 15 is 0 Å². The van der Waals surface area contributed by atoms with Gasteiger partial charge in [0, 0.05) is 23.9 Å². The Kier molecular flexibility index (Phi) is 3.21. The number of nitrogens with two attached hydrogens (primary N) is 1. The monoisotopic (exact) mass is 267 g/mol. The first kappa shape index (κ1) is 12.9. The summed E-state index contributed by atoms with van der Waals surface area (Å²) in [7, 11) is 0. The molecular formula is C15H19F2NO. The second-order valence-electron chi connectivity index (χ2n) is 5.82. The van der Waals surface area contributed by atoms with E-state index in [1.807, 2.05) is 0 Å². The van der Waals surface area contributed by atoms with Crippen molar-refractivity contribution in [3.05, 3.63) is 29.8 Å². The summed E-state index contributed by atoms with van der Waals surface area (Å²) in [6.45, 7) is 0. The Labute approximate surface area is 111 Å². The molecule has 2 unspecified atom stereocenters. The zero-order chi connectivity index (χ0) is 13.5. The molecule has 1 aromatic rings. The van der Waals surface area contributed by atoms with Crippen molar-refractivity contribution in [2.75, 3.05) is 0 Å². The maximum atomic E-state index is 13.6. The van der Waals surface area contributed by atoms with Gasteiger partial charge in [-0.2, -0.15) is 0 Å².